The van der Waals surface area contributed by atoms with Gasteiger partial charge in [-0.2, -0.15) is 5.10 Å². The van der Waals surface area contributed by atoms with Crippen LogP contribution in [-0.2, 0) is 6.54 Å². The third-order valence-electron chi connectivity index (χ3n) is 3.86. The van der Waals surface area contributed by atoms with Crippen LogP contribution in [0, 0.1) is 0 Å². The third-order valence-corrected chi connectivity index (χ3v) is 4.06. The molecule has 124 valence electrons. The zero-order valence-corrected chi connectivity index (χ0v) is 13.1. The van der Waals surface area contributed by atoms with E-state index in [1.165, 1.54) is 10.9 Å². The van der Waals surface area contributed by atoms with E-state index >= 15 is 0 Å². The van der Waals surface area contributed by atoms with Gasteiger partial charge >= 0.3 is 0 Å². The van der Waals surface area contributed by atoms with Crippen molar-refractivity contribution in [1.82, 2.24) is 14.8 Å². The van der Waals surface area contributed by atoms with Gasteiger partial charge in [0.2, 0.25) is 0 Å². The maximum atomic E-state index is 12.5. The number of aliphatic hydroxyl groups excluding tert-OH is 1. The summed E-state index contributed by atoms with van der Waals surface area (Å²) in [5, 5.41) is 14.2. The summed E-state index contributed by atoms with van der Waals surface area (Å²) in [5.41, 5.74) is 2.30. The standard InChI is InChI=1S/C15H17ClF2N4O/c16-14-4-13(21-3-1-2-11(23)8-21)12(6-19-14)10-5-20-22(7-10)9-15(17)18/h4-7,11,15,23H,1-3,8-9H2/t11-/m0/s1. The highest BCUT2D eigenvalue weighted by Gasteiger charge is 2.22. The van der Waals surface area contributed by atoms with Crippen LogP contribution in [0.5, 0.6) is 0 Å². The van der Waals surface area contributed by atoms with Crippen molar-refractivity contribution < 1.29 is 13.9 Å². The molecule has 0 amide bonds. The zero-order chi connectivity index (χ0) is 16.4. The number of piperidine rings is 1. The largest absolute Gasteiger partial charge is 0.391 e. The quantitative estimate of drug-likeness (QED) is 0.868. The molecule has 2 aromatic heterocycles. The van der Waals surface area contributed by atoms with E-state index in [1.807, 2.05) is 4.90 Å². The molecule has 1 N–H and O–H groups in total. The summed E-state index contributed by atoms with van der Waals surface area (Å²) in [6.07, 6.45) is 3.54. The summed E-state index contributed by atoms with van der Waals surface area (Å²) < 4.78 is 26.2. The Labute approximate surface area is 137 Å². The third kappa shape index (κ3) is 3.79. The lowest BCUT2D eigenvalue weighted by Crippen LogP contribution is -2.38. The first-order chi connectivity index (χ1) is 11.0. The Morgan fingerprint density at radius 2 is 2.22 bits per heavy atom. The lowest BCUT2D eigenvalue weighted by molar-refractivity contribution is 0.122. The fourth-order valence-electron chi connectivity index (χ4n) is 2.82. The van der Waals surface area contributed by atoms with Gasteiger partial charge in [-0.25, -0.2) is 13.8 Å². The van der Waals surface area contributed by atoms with E-state index in [2.05, 4.69) is 10.1 Å². The van der Waals surface area contributed by atoms with Crippen LogP contribution in [0.1, 0.15) is 12.8 Å². The molecule has 1 fully saturated rings. The number of alkyl halides is 2. The maximum absolute atomic E-state index is 12.5. The van der Waals surface area contributed by atoms with Crippen LogP contribution in [0.15, 0.2) is 24.7 Å². The van der Waals surface area contributed by atoms with E-state index in [4.69, 9.17) is 11.6 Å². The number of β-amino-alcohol motifs (C(OH)–C–C–N with tert-alkyl or cyclic N) is 1. The average molecular weight is 343 g/mol. The molecule has 23 heavy (non-hydrogen) atoms. The Bertz CT molecular complexity index is 679. The fourth-order valence-corrected chi connectivity index (χ4v) is 2.97. The number of nitrogens with zero attached hydrogens (tertiary/aromatic N) is 4. The zero-order valence-electron chi connectivity index (χ0n) is 12.4. The molecule has 0 bridgehead atoms. The van der Waals surface area contributed by atoms with Gasteiger partial charge in [-0.15, -0.1) is 0 Å². The molecule has 1 aliphatic rings. The minimum absolute atomic E-state index is 0.351. The number of halogens is 3. The van der Waals surface area contributed by atoms with E-state index in [0.29, 0.717) is 17.3 Å². The van der Waals surface area contributed by atoms with E-state index in [9.17, 15) is 13.9 Å². The van der Waals surface area contributed by atoms with Crippen molar-refractivity contribution >= 4 is 17.3 Å². The van der Waals surface area contributed by atoms with Crippen molar-refractivity contribution in [2.45, 2.75) is 31.9 Å². The molecule has 1 atom stereocenters. The van der Waals surface area contributed by atoms with Gasteiger partial charge in [0.25, 0.3) is 6.43 Å². The molecular formula is C15H17ClF2N4O. The summed E-state index contributed by atoms with van der Waals surface area (Å²) in [6.45, 7) is 0.868. The molecular weight excluding hydrogens is 326 g/mol. The highest BCUT2D eigenvalue weighted by Crippen LogP contribution is 2.33. The van der Waals surface area contributed by atoms with Gasteiger partial charge in [-0.05, 0) is 18.9 Å². The molecule has 3 rings (SSSR count). The molecule has 0 radical (unpaired) electrons. The number of anilines is 1. The van der Waals surface area contributed by atoms with Gasteiger partial charge in [0, 0.05) is 42.3 Å². The van der Waals surface area contributed by atoms with Gasteiger partial charge in [0.05, 0.1) is 12.3 Å². The number of aliphatic hydroxyl groups is 1. The number of hydrogen-bond donors (Lipinski definition) is 1. The van der Waals surface area contributed by atoms with Gasteiger partial charge in [-0.1, -0.05) is 11.6 Å². The summed E-state index contributed by atoms with van der Waals surface area (Å²) in [7, 11) is 0. The van der Waals surface area contributed by atoms with E-state index < -0.39 is 13.0 Å². The minimum Gasteiger partial charge on any atom is -0.391 e. The van der Waals surface area contributed by atoms with Crippen molar-refractivity contribution in [2.75, 3.05) is 18.0 Å². The Kier molecular flexibility index (Phi) is 4.77. The molecule has 0 unspecified atom stereocenters. The first-order valence-electron chi connectivity index (χ1n) is 7.42. The Morgan fingerprint density at radius 3 is 2.96 bits per heavy atom. The minimum atomic E-state index is -2.46. The van der Waals surface area contributed by atoms with Gasteiger partial charge in [-0.3, -0.25) is 4.68 Å². The molecule has 0 aliphatic carbocycles. The second-order valence-electron chi connectivity index (χ2n) is 5.61. The van der Waals surface area contributed by atoms with Crippen molar-refractivity contribution in [3.63, 3.8) is 0 Å². The number of rotatable bonds is 4. The first-order valence-corrected chi connectivity index (χ1v) is 7.80. The van der Waals surface area contributed by atoms with Gasteiger partial charge in [0.15, 0.2) is 0 Å². The lowest BCUT2D eigenvalue weighted by atomic mass is 10.0. The molecule has 3 heterocycles. The first kappa shape index (κ1) is 16.1. The Balaban J connectivity index is 1.94. The highest BCUT2D eigenvalue weighted by molar-refractivity contribution is 6.29. The number of pyridine rings is 1. The predicted molar refractivity (Wildman–Crippen MR) is 83.9 cm³/mol. The summed E-state index contributed by atoms with van der Waals surface area (Å²) >= 11 is 6.01. The molecule has 0 spiro atoms. The van der Waals surface area contributed by atoms with Crippen LogP contribution in [-0.4, -0.2) is 45.5 Å². The van der Waals surface area contributed by atoms with Crippen LogP contribution in [0.25, 0.3) is 11.1 Å². The van der Waals surface area contributed by atoms with Crippen LogP contribution < -0.4 is 4.90 Å². The second kappa shape index (κ2) is 6.80. The molecule has 2 aromatic rings. The van der Waals surface area contributed by atoms with Crippen LogP contribution in [0.2, 0.25) is 5.15 Å². The van der Waals surface area contributed by atoms with Gasteiger partial charge in [0.1, 0.15) is 11.7 Å². The maximum Gasteiger partial charge on any atom is 0.257 e. The number of hydrogen-bond acceptors (Lipinski definition) is 4. The Morgan fingerprint density at radius 1 is 1.39 bits per heavy atom. The smallest absolute Gasteiger partial charge is 0.257 e. The predicted octanol–water partition coefficient (Wildman–Crippen LogP) is 2.82. The van der Waals surface area contributed by atoms with Crippen LogP contribution in [0.3, 0.4) is 0 Å². The van der Waals surface area contributed by atoms with Gasteiger partial charge < -0.3 is 10.0 Å². The SMILES string of the molecule is O[C@H]1CCCN(c2cc(Cl)ncc2-c2cnn(CC(F)F)c2)C1. The fraction of sp³-hybridized carbons (Fsp3) is 0.467. The monoisotopic (exact) mass is 342 g/mol. The lowest BCUT2D eigenvalue weighted by Gasteiger charge is -2.33. The van der Waals surface area contributed by atoms with Crippen molar-refractivity contribution in [3.05, 3.63) is 29.8 Å². The van der Waals surface area contributed by atoms with E-state index in [0.717, 1.165) is 30.6 Å². The summed E-state index contributed by atoms with van der Waals surface area (Å²) in [6, 6.07) is 1.74. The topological polar surface area (TPSA) is 54.2 Å². The van der Waals surface area contributed by atoms with Crippen LogP contribution >= 0.6 is 11.6 Å². The molecule has 0 aromatic carbocycles. The normalized spacial score (nSPS) is 18.7. The van der Waals surface area contributed by atoms with Crippen molar-refractivity contribution in [1.29, 1.82) is 0 Å². The average Bonchev–Trinajstić information content (AvgIpc) is 2.94. The van der Waals surface area contributed by atoms with Crippen molar-refractivity contribution in [3.8, 4) is 11.1 Å². The highest BCUT2D eigenvalue weighted by atomic mass is 35.5. The summed E-state index contributed by atoms with van der Waals surface area (Å²) in [4.78, 5) is 6.13. The van der Waals surface area contributed by atoms with E-state index in [-0.39, 0.29) is 6.10 Å². The second-order valence-corrected chi connectivity index (χ2v) is 6.00. The van der Waals surface area contributed by atoms with Crippen molar-refractivity contribution in [2.24, 2.45) is 0 Å². The Hall–Kier alpha value is -1.73. The number of aromatic nitrogens is 3. The molecule has 8 heteroatoms. The van der Waals surface area contributed by atoms with E-state index in [1.54, 1.807) is 18.5 Å². The molecule has 1 saturated heterocycles. The van der Waals surface area contributed by atoms with Crippen LogP contribution in [0.4, 0.5) is 14.5 Å². The molecule has 5 nitrogen and oxygen atoms in total. The molecule has 0 saturated carbocycles. The summed E-state index contributed by atoms with van der Waals surface area (Å²) in [5.74, 6) is 0. The molecule has 1 aliphatic heterocycles.